The molecule has 184 valence electrons. The number of rotatable bonds is 2. The number of hydrogen-bond acceptors (Lipinski definition) is 0. The van der Waals surface area contributed by atoms with Crippen LogP contribution in [-0.2, 0) is 13.5 Å². The SMILES string of the molecule is Cc1ccc2c3c(CC(C)(C)C(F)(F)F)cc4cc[n+](C)c5c6c(C)c(C)cc(C)c6n(c2c1)c3c45. The lowest BCUT2D eigenvalue weighted by Gasteiger charge is -2.28. The van der Waals surface area contributed by atoms with Crippen LogP contribution in [0.4, 0.5) is 13.2 Å². The van der Waals surface area contributed by atoms with Crippen molar-refractivity contribution in [2.24, 2.45) is 12.5 Å². The van der Waals surface area contributed by atoms with Crippen molar-refractivity contribution in [2.75, 3.05) is 0 Å². The molecule has 3 aromatic heterocycles. The smallest absolute Gasteiger partial charge is 0.307 e. The van der Waals surface area contributed by atoms with Gasteiger partial charge in [0.2, 0.25) is 5.52 Å². The molecule has 0 N–H and O–H groups in total. The minimum Gasteiger partial charge on any atom is -0.307 e. The quantitative estimate of drug-likeness (QED) is 0.132. The number of fused-ring (bicyclic) bond motifs is 6. The maximum absolute atomic E-state index is 14.1. The zero-order valence-corrected chi connectivity index (χ0v) is 21.8. The van der Waals surface area contributed by atoms with Crippen LogP contribution in [0, 0.1) is 33.1 Å². The number of aryl methyl sites for hydroxylation is 5. The zero-order chi connectivity index (χ0) is 25.9. The van der Waals surface area contributed by atoms with Gasteiger partial charge in [-0.15, -0.1) is 0 Å². The standard InChI is InChI=1S/C31H30F3N2/c1-16-8-9-22-23(12-16)36-27-18(3)13-17(2)19(4)24(27)28-26-20(10-11-35(28)7)14-21(25(22)29(26)36)15-30(5,6)31(32,33)34/h8-14H,15H2,1-7H3/q+1. The van der Waals surface area contributed by atoms with Gasteiger partial charge in [0, 0.05) is 16.8 Å². The first-order valence-corrected chi connectivity index (χ1v) is 12.4. The fraction of sp³-hybridized carbons (Fsp3) is 0.323. The van der Waals surface area contributed by atoms with Crippen LogP contribution in [0.3, 0.4) is 0 Å². The Morgan fingerprint density at radius 2 is 1.56 bits per heavy atom. The summed E-state index contributed by atoms with van der Waals surface area (Å²) in [6, 6.07) is 12.6. The molecular weight excluding hydrogens is 457 g/mol. The number of benzene rings is 3. The Morgan fingerprint density at radius 1 is 0.833 bits per heavy atom. The minimum absolute atomic E-state index is 0.0783. The lowest BCUT2D eigenvalue weighted by Crippen LogP contribution is -2.34. The van der Waals surface area contributed by atoms with Gasteiger partial charge in [-0.05, 0) is 79.5 Å². The summed E-state index contributed by atoms with van der Waals surface area (Å²) >= 11 is 0. The Hall–Kier alpha value is -3.34. The minimum atomic E-state index is -4.30. The van der Waals surface area contributed by atoms with Gasteiger partial charge in [0.25, 0.3) is 0 Å². The molecule has 0 unspecified atom stereocenters. The van der Waals surface area contributed by atoms with Crippen molar-refractivity contribution >= 4 is 49.0 Å². The molecule has 0 aliphatic carbocycles. The first-order valence-electron chi connectivity index (χ1n) is 12.4. The largest absolute Gasteiger partial charge is 0.394 e. The lowest BCUT2D eigenvalue weighted by atomic mass is 9.82. The van der Waals surface area contributed by atoms with E-state index in [4.69, 9.17) is 0 Å². The van der Waals surface area contributed by atoms with E-state index in [1.54, 1.807) is 0 Å². The van der Waals surface area contributed by atoms with Gasteiger partial charge >= 0.3 is 6.18 Å². The third-order valence-electron chi connectivity index (χ3n) is 8.24. The predicted molar refractivity (Wildman–Crippen MR) is 142 cm³/mol. The molecule has 0 saturated heterocycles. The normalized spacial score (nSPS) is 13.4. The second-order valence-corrected chi connectivity index (χ2v) is 11.3. The monoisotopic (exact) mass is 487 g/mol. The first-order chi connectivity index (χ1) is 16.8. The number of aromatic nitrogens is 2. The third kappa shape index (κ3) is 2.89. The van der Waals surface area contributed by atoms with Gasteiger partial charge in [0.15, 0.2) is 6.20 Å². The first kappa shape index (κ1) is 23.1. The Labute approximate surface area is 208 Å². The number of pyridine rings is 2. The molecule has 6 aromatic rings. The summed E-state index contributed by atoms with van der Waals surface area (Å²) < 4.78 is 46.7. The van der Waals surface area contributed by atoms with Crippen molar-refractivity contribution in [1.82, 2.24) is 4.40 Å². The van der Waals surface area contributed by atoms with E-state index in [1.807, 2.05) is 18.3 Å². The van der Waals surface area contributed by atoms with Gasteiger partial charge in [-0.2, -0.15) is 13.2 Å². The summed E-state index contributed by atoms with van der Waals surface area (Å²) in [5.74, 6) is 0. The zero-order valence-electron chi connectivity index (χ0n) is 21.8. The Bertz CT molecular complexity index is 1870. The third-order valence-corrected chi connectivity index (χ3v) is 8.24. The van der Waals surface area contributed by atoms with Crippen LogP contribution >= 0.6 is 0 Å². The molecule has 0 atom stereocenters. The van der Waals surface area contributed by atoms with E-state index >= 15 is 0 Å². The van der Waals surface area contributed by atoms with E-state index in [0.29, 0.717) is 0 Å². The topological polar surface area (TPSA) is 8.29 Å². The molecule has 36 heavy (non-hydrogen) atoms. The fourth-order valence-corrected chi connectivity index (χ4v) is 6.15. The molecule has 0 bridgehead atoms. The fourth-order valence-electron chi connectivity index (χ4n) is 6.15. The Balaban J connectivity index is 1.97. The van der Waals surface area contributed by atoms with Gasteiger partial charge in [-0.25, -0.2) is 4.57 Å². The molecule has 0 aliphatic rings. The van der Waals surface area contributed by atoms with Crippen molar-refractivity contribution < 1.29 is 17.7 Å². The summed E-state index contributed by atoms with van der Waals surface area (Å²) in [6.07, 6.45) is -2.34. The van der Waals surface area contributed by atoms with Crippen LogP contribution < -0.4 is 4.57 Å². The highest BCUT2D eigenvalue weighted by Gasteiger charge is 2.47. The second kappa shape index (κ2) is 7.12. The molecule has 3 heterocycles. The number of hydrogen-bond donors (Lipinski definition) is 0. The maximum Gasteiger partial charge on any atom is 0.394 e. The molecule has 0 radical (unpaired) electrons. The van der Waals surface area contributed by atoms with Crippen LogP contribution in [0.2, 0.25) is 0 Å². The van der Waals surface area contributed by atoms with E-state index in [-0.39, 0.29) is 6.42 Å². The molecule has 0 saturated carbocycles. The molecule has 6 rings (SSSR count). The second-order valence-electron chi connectivity index (χ2n) is 11.3. The number of halogens is 3. The van der Waals surface area contributed by atoms with E-state index < -0.39 is 11.6 Å². The van der Waals surface area contributed by atoms with Crippen LogP contribution in [0.5, 0.6) is 0 Å². The molecule has 3 aromatic carbocycles. The van der Waals surface area contributed by atoms with Gasteiger partial charge < -0.3 is 4.40 Å². The summed E-state index contributed by atoms with van der Waals surface area (Å²) in [5, 5.41) is 5.24. The van der Waals surface area contributed by atoms with E-state index in [1.165, 1.54) is 30.4 Å². The van der Waals surface area contributed by atoms with Crippen LogP contribution in [-0.4, -0.2) is 10.6 Å². The lowest BCUT2D eigenvalue weighted by molar-refractivity contribution is -0.643. The molecule has 5 heteroatoms. The van der Waals surface area contributed by atoms with E-state index in [0.717, 1.165) is 60.3 Å². The van der Waals surface area contributed by atoms with Crippen LogP contribution in [0.25, 0.3) is 49.0 Å². The summed E-state index contributed by atoms with van der Waals surface area (Å²) in [5.41, 5.74) is 7.99. The average Bonchev–Trinajstić information content (AvgIpc) is 3.11. The van der Waals surface area contributed by atoms with Crippen LogP contribution in [0.15, 0.2) is 42.6 Å². The van der Waals surface area contributed by atoms with Crippen molar-refractivity contribution in [2.45, 2.75) is 54.1 Å². The van der Waals surface area contributed by atoms with Crippen molar-refractivity contribution in [3.05, 3.63) is 70.4 Å². The Kier molecular flexibility index (Phi) is 4.56. The summed E-state index contributed by atoms with van der Waals surface area (Å²) in [7, 11) is 2.06. The molecule has 0 spiro atoms. The van der Waals surface area contributed by atoms with Crippen LogP contribution in [0.1, 0.15) is 41.7 Å². The average molecular weight is 488 g/mol. The summed E-state index contributed by atoms with van der Waals surface area (Å²) in [4.78, 5) is 0. The van der Waals surface area contributed by atoms with Gasteiger partial charge in [0.05, 0.1) is 32.7 Å². The highest BCUT2D eigenvalue weighted by molar-refractivity contribution is 6.28. The van der Waals surface area contributed by atoms with Crippen molar-refractivity contribution in [3.8, 4) is 0 Å². The molecule has 0 amide bonds. The summed E-state index contributed by atoms with van der Waals surface area (Å²) in [6.45, 7) is 11.1. The Morgan fingerprint density at radius 3 is 2.25 bits per heavy atom. The maximum atomic E-state index is 14.1. The van der Waals surface area contributed by atoms with E-state index in [2.05, 4.69) is 68.0 Å². The van der Waals surface area contributed by atoms with Crippen molar-refractivity contribution in [3.63, 3.8) is 0 Å². The highest BCUT2D eigenvalue weighted by atomic mass is 19.4. The molecular formula is C31H30F3N2+. The van der Waals surface area contributed by atoms with Gasteiger partial charge in [-0.3, -0.25) is 0 Å². The van der Waals surface area contributed by atoms with Gasteiger partial charge in [0.1, 0.15) is 7.05 Å². The number of nitrogens with zero attached hydrogens (tertiary/aromatic N) is 2. The van der Waals surface area contributed by atoms with E-state index in [9.17, 15) is 13.2 Å². The molecule has 2 nitrogen and oxygen atoms in total. The number of alkyl halides is 3. The van der Waals surface area contributed by atoms with Crippen molar-refractivity contribution in [1.29, 1.82) is 0 Å². The highest BCUT2D eigenvalue weighted by Crippen LogP contribution is 2.47. The predicted octanol–water partition coefficient (Wildman–Crippen LogP) is 8.18. The molecule has 0 aliphatic heterocycles. The molecule has 0 fully saturated rings. The van der Waals surface area contributed by atoms with Gasteiger partial charge in [-0.1, -0.05) is 32.0 Å².